The monoisotopic (exact) mass is 355 g/mol. The van der Waals surface area contributed by atoms with Crippen LogP contribution in [0.2, 0.25) is 10.0 Å². The fourth-order valence-corrected chi connectivity index (χ4v) is 2.06. The largest absolute Gasteiger partial charge is 0.459 e. The molecule has 7 nitrogen and oxygen atoms in total. The van der Waals surface area contributed by atoms with Gasteiger partial charge in [0.2, 0.25) is 0 Å². The standard InChI is InChI=1S/C14H11Cl2N3O4/c15-8-3-4-9(10(16)6-8)13(21)17-7-12(20)18-19-14(22)11-2-1-5-23-11/h1-6H,7H2,(H,17,21)(H,18,20)(H,19,22). The highest BCUT2D eigenvalue weighted by Crippen LogP contribution is 2.20. The fraction of sp³-hybridized carbons (Fsp3) is 0.0714. The molecule has 2 rings (SSSR count). The van der Waals surface area contributed by atoms with Crippen LogP contribution in [0.4, 0.5) is 0 Å². The fourth-order valence-electron chi connectivity index (χ4n) is 1.57. The molecule has 0 radical (unpaired) electrons. The van der Waals surface area contributed by atoms with Crippen LogP contribution in [0.15, 0.2) is 41.0 Å². The lowest BCUT2D eigenvalue weighted by Crippen LogP contribution is -2.46. The molecular weight excluding hydrogens is 345 g/mol. The second-order valence-corrected chi connectivity index (χ2v) is 5.13. The molecule has 3 amide bonds. The number of carbonyl (C=O) groups excluding carboxylic acids is 3. The highest BCUT2D eigenvalue weighted by atomic mass is 35.5. The lowest BCUT2D eigenvalue weighted by atomic mass is 10.2. The molecule has 3 N–H and O–H groups in total. The summed E-state index contributed by atoms with van der Waals surface area (Å²) in [5.74, 6) is -1.74. The summed E-state index contributed by atoms with van der Waals surface area (Å²) in [7, 11) is 0. The molecule has 0 aliphatic rings. The summed E-state index contributed by atoms with van der Waals surface area (Å²) in [4.78, 5) is 35.0. The molecule has 0 spiro atoms. The van der Waals surface area contributed by atoms with Crippen molar-refractivity contribution in [1.82, 2.24) is 16.2 Å². The highest BCUT2D eigenvalue weighted by molar-refractivity contribution is 6.36. The van der Waals surface area contributed by atoms with Crippen LogP contribution >= 0.6 is 23.2 Å². The van der Waals surface area contributed by atoms with Crippen LogP contribution in [-0.2, 0) is 4.79 Å². The van der Waals surface area contributed by atoms with E-state index in [-0.39, 0.29) is 22.9 Å². The number of hydrazine groups is 1. The minimum atomic E-state index is -0.622. The molecule has 0 fully saturated rings. The van der Waals surface area contributed by atoms with Gasteiger partial charge in [0.15, 0.2) is 5.76 Å². The zero-order valence-electron chi connectivity index (χ0n) is 11.6. The Morgan fingerprint density at radius 3 is 2.48 bits per heavy atom. The average Bonchev–Trinajstić information content (AvgIpc) is 3.04. The predicted molar refractivity (Wildman–Crippen MR) is 83.1 cm³/mol. The SMILES string of the molecule is O=C(CNC(=O)c1ccc(Cl)cc1Cl)NNC(=O)c1ccco1. The Balaban J connectivity index is 1.80. The second kappa shape index (κ2) is 7.66. The van der Waals surface area contributed by atoms with Crippen LogP contribution in [0, 0.1) is 0 Å². The third-order valence-corrected chi connectivity index (χ3v) is 3.19. The number of nitrogens with one attached hydrogen (secondary N) is 3. The molecule has 2 aromatic rings. The van der Waals surface area contributed by atoms with E-state index in [9.17, 15) is 14.4 Å². The Hall–Kier alpha value is -2.51. The topological polar surface area (TPSA) is 100 Å². The third kappa shape index (κ3) is 4.73. The normalized spacial score (nSPS) is 10.0. The summed E-state index contributed by atoms with van der Waals surface area (Å²) in [6, 6.07) is 7.34. The quantitative estimate of drug-likeness (QED) is 0.727. The number of furan rings is 1. The van der Waals surface area contributed by atoms with E-state index in [0.29, 0.717) is 5.02 Å². The number of hydrogen-bond acceptors (Lipinski definition) is 4. The first-order chi connectivity index (χ1) is 11.0. The number of hydrogen-bond donors (Lipinski definition) is 3. The van der Waals surface area contributed by atoms with Crippen LogP contribution in [0.3, 0.4) is 0 Å². The maximum absolute atomic E-state index is 11.9. The average molecular weight is 356 g/mol. The maximum atomic E-state index is 11.9. The Kier molecular flexibility index (Phi) is 5.61. The highest BCUT2D eigenvalue weighted by Gasteiger charge is 2.13. The molecule has 23 heavy (non-hydrogen) atoms. The first-order valence-corrected chi connectivity index (χ1v) is 7.09. The van der Waals surface area contributed by atoms with Crippen LogP contribution in [-0.4, -0.2) is 24.3 Å². The molecule has 0 saturated heterocycles. The summed E-state index contributed by atoms with van der Waals surface area (Å²) in [5, 5.41) is 2.93. The Morgan fingerprint density at radius 2 is 1.83 bits per heavy atom. The van der Waals surface area contributed by atoms with E-state index in [1.54, 1.807) is 0 Å². The smallest absolute Gasteiger partial charge is 0.305 e. The number of benzene rings is 1. The first kappa shape index (κ1) is 16.9. The molecule has 1 aromatic carbocycles. The van der Waals surface area contributed by atoms with Crippen LogP contribution in [0.1, 0.15) is 20.9 Å². The van der Waals surface area contributed by atoms with Gasteiger partial charge in [-0.3, -0.25) is 25.2 Å². The molecule has 1 heterocycles. The van der Waals surface area contributed by atoms with Gasteiger partial charge in [-0.25, -0.2) is 0 Å². The van der Waals surface area contributed by atoms with Crippen molar-refractivity contribution in [3.05, 3.63) is 58.0 Å². The van der Waals surface area contributed by atoms with E-state index in [2.05, 4.69) is 16.2 Å². The van der Waals surface area contributed by atoms with Gasteiger partial charge in [-0.1, -0.05) is 23.2 Å². The number of carbonyl (C=O) groups is 3. The molecule has 0 bridgehead atoms. The van der Waals surface area contributed by atoms with Crippen molar-refractivity contribution in [3.8, 4) is 0 Å². The van der Waals surface area contributed by atoms with E-state index in [1.165, 1.54) is 36.6 Å². The van der Waals surface area contributed by atoms with Gasteiger partial charge in [0.25, 0.3) is 11.8 Å². The minimum Gasteiger partial charge on any atom is -0.459 e. The zero-order chi connectivity index (χ0) is 16.8. The van der Waals surface area contributed by atoms with Crippen molar-refractivity contribution in [3.63, 3.8) is 0 Å². The minimum absolute atomic E-state index is 0.0438. The zero-order valence-corrected chi connectivity index (χ0v) is 13.1. The van der Waals surface area contributed by atoms with Crippen LogP contribution < -0.4 is 16.2 Å². The van der Waals surface area contributed by atoms with Crippen molar-refractivity contribution < 1.29 is 18.8 Å². The number of amides is 3. The molecule has 9 heteroatoms. The molecule has 0 aliphatic carbocycles. The number of rotatable bonds is 4. The van der Waals surface area contributed by atoms with Crippen LogP contribution in [0.5, 0.6) is 0 Å². The Labute approximate surface area is 140 Å². The summed E-state index contributed by atoms with van der Waals surface area (Å²) in [6.45, 7) is -0.351. The van der Waals surface area contributed by atoms with Crippen molar-refractivity contribution in [2.75, 3.05) is 6.54 Å². The van der Waals surface area contributed by atoms with Crippen LogP contribution in [0.25, 0.3) is 0 Å². The van der Waals surface area contributed by atoms with Gasteiger partial charge >= 0.3 is 5.91 Å². The molecule has 120 valence electrons. The first-order valence-electron chi connectivity index (χ1n) is 6.33. The molecule has 0 atom stereocenters. The third-order valence-electron chi connectivity index (χ3n) is 2.65. The van der Waals surface area contributed by atoms with Crippen molar-refractivity contribution in [1.29, 1.82) is 0 Å². The lowest BCUT2D eigenvalue weighted by Gasteiger charge is -2.08. The second-order valence-electron chi connectivity index (χ2n) is 4.29. The molecule has 0 aliphatic heterocycles. The van der Waals surface area contributed by atoms with E-state index in [4.69, 9.17) is 27.6 Å². The van der Waals surface area contributed by atoms with Gasteiger partial charge in [0.05, 0.1) is 23.4 Å². The summed E-state index contributed by atoms with van der Waals surface area (Å²) < 4.78 is 4.85. The number of halogens is 2. The van der Waals surface area contributed by atoms with Gasteiger partial charge < -0.3 is 9.73 Å². The van der Waals surface area contributed by atoms with Crippen molar-refractivity contribution >= 4 is 40.9 Å². The van der Waals surface area contributed by atoms with Crippen molar-refractivity contribution in [2.45, 2.75) is 0 Å². The van der Waals surface area contributed by atoms with E-state index in [0.717, 1.165) is 0 Å². The maximum Gasteiger partial charge on any atom is 0.305 e. The van der Waals surface area contributed by atoms with Gasteiger partial charge in [-0.2, -0.15) is 0 Å². The molecule has 0 saturated carbocycles. The van der Waals surface area contributed by atoms with E-state index in [1.807, 2.05) is 0 Å². The Morgan fingerprint density at radius 1 is 1.04 bits per heavy atom. The summed E-state index contributed by atoms with van der Waals surface area (Å²) >= 11 is 11.6. The molecular formula is C14H11Cl2N3O4. The Bertz CT molecular complexity index is 732. The predicted octanol–water partition coefficient (Wildman–Crippen LogP) is 1.78. The van der Waals surface area contributed by atoms with E-state index < -0.39 is 17.7 Å². The van der Waals surface area contributed by atoms with Crippen molar-refractivity contribution in [2.24, 2.45) is 0 Å². The molecule has 1 aromatic heterocycles. The molecule has 0 unspecified atom stereocenters. The summed E-state index contributed by atoms with van der Waals surface area (Å²) in [6.07, 6.45) is 1.33. The van der Waals surface area contributed by atoms with Gasteiger partial charge in [0, 0.05) is 5.02 Å². The lowest BCUT2D eigenvalue weighted by molar-refractivity contribution is -0.120. The van der Waals surface area contributed by atoms with Gasteiger partial charge in [-0.15, -0.1) is 0 Å². The van der Waals surface area contributed by atoms with E-state index >= 15 is 0 Å². The van der Waals surface area contributed by atoms with Gasteiger partial charge in [0.1, 0.15) is 0 Å². The van der Waals surface area contributed by atoms with Gasteiger partial charge in [-0.05, 0) is 30.3 Å². The summed E-state index contributed by atoms with van der Waals surface area (Å²) in [5.41, 5.74) is 4.46.